The third-order valence-electron chi connectivity index (χ3n) is 5.62. The molecule has 0 aliphatic carbocycles. The molecule has 2 aromatic carbocycles. The van der Waals surface area contributed by atoms with E-state index in [0.29, 0.717) is 36.8 Å². The molecule has 0 atom stereocenters. The van der Waals surface area contributed by atoms with Gasteiger partial charge in [-0.1, -0.05) is 6.07 Å². The van der Waals surface area contributed by atoms with Crippen molar-refractivity contribution in [3.8, 4) is 5.75 Å². The summed E-state index contributed by atoms with van der Waals surface area (Å²) in [7, 11) is 1.54. The fourth-order valence-electron chi connectivity index (χ4n) is 3.82. The number of morpholine rings is 1. The van der Waals surface area contributed by atoms with Crippen molar-refractivity contribution in [2.45, 2.75) is 0 Å². The number of carbonyl (C=O) groups is 2. The molecule has 10 nitrogen and oxygen atoms in total. The molecule has 172 valence electrons. The molecule has 0 spiro atoms. The van der Waals surface area contributed by atoms with E-state index in [0.717, 1.165) is 13.1 Å². The molecule has 2 aliphatic rings. The van der Waals surface area contributed by atoms with E-state index < -0.39 is 16.7 Å². The Morgan fingerprint density at radius 3 is 2.45 bits per heavy atom. The smallest absolute Gasteiger partial charge is 0.278 e. The minimum Gasteiger partial charge on any atom is -0.497 e. The van der Waals surface area contributed by atoms with E-state index in [4.69, 9.17) is 9.47 Å². The van der Waals surface area contributed by atoms with Gasteiger partial charge in [0.2, 0.25) is 0 Å². The standard InChI is InChI=1S/C23H24N4O6/c1-32-19-4-2-3-17(15-19)24-21-20(16-5-7-18(8-6-16)27(30)31)22(28)26(23(21)29)10-9-25-11-13-33-14-12-25/h2-8,15,24H,9-14H2,1H3. The summed E-state index contributed by atoms with van der Waals surface area (Å²) in [5.74, 6) is -0.282. The highest BCUT2D eigenvalue weighted by molar-refractivity contribution is 6.36. The Labute approximate surface area is 190 Å². The van der Waals surface area contributed by atoms with Crippen LogP contribution in [0.15, 0.2) is 54.2 Å². The van der Waals surface area contributed by atoms with Crippen LogP contribution in [0.5, 0.6) is 5.75 Å². The van der Waals surface area contributed by atoms with Gasteiger partial charge in [-0.2, -0.15) is 0 Å². The predicted octanol–water partition coefficient (Wildman–Crippen LogP) is 2.13. The second kappa shape index (κ2) is 9.80. The van der Waals surface area contributed by atoms with E-state index in [1.54, 1.807) is 24.3 Å². The Hall–Kier alpha value is -3.76. The minimum absolute atomic E-state index is 0.0948. The van der Waals surface area contributed by atoms with Crippen LogP contribution in [0.25, 0.3) is 5.57 Å². The molecule has 0 aromatic heterocycles. The Bertz CT molecular complexity index is 1090. The van der Waals surface area contributed by atoms with Gasteiger partial charge in [0.1, 0.15) is 11.4 Å². The van der Waals surface area contributed by atoms with Crippen molar-refractivity contribution in [1.82, 2.24) is 9.80 Å². The molecule has 10 heteroatoms. The number of hydrogen-bond donors (Lipinski definition) is 1. The lowest BCUT2D eigenvalue weighted by atomic mass is 10.0. The lowest BCUT2D eigenvalue weighted by molar-refractivity contribution is -0.384. The topological polar surface area (TPSA) is 114 Å². The number of nitro groups is 1. The molecule has 33 heavy (non-hydrogen) atoms. The Morgan fingerprint density at radius 2 is 1.79 bits per heavy atom. The molecule has 1 N–H and O–H groups in total. The van der Waals surface area contributed by atoms with E-state index in [9.17, 15) is 19.7 Å². The molecular formula is C23H24N4O6. The zero-order chi connectivity index (χ0) is 23.4. The molecule has 2 amide bonds. The Morgan fingerprint density at radius 1 is 1.06 bits per heavy atom. The van der Waals surface area contributed by atoms with Gasteiger partial charge in [0, 0.05) is 50.1 Å². The molecule has 2 aliphatic heterocycles. The Balaban J connectivity index is 1.64. The van der Waals surface area contributed by atoms with E-state index in [1.807, 2.05) is 0 Å². The van der Waals surface area contributed by atoms with Crippen LogP contribution >= 0.6 is 0 Å². The van der Waals surface area contributed by atoms with Crippen LogP contribution in [-0.4, -0.2) is 73.0 Å². The fourth-order valence-corrected chi connectivity index (χ4v) is 3.82. The molecule has 1 saturated heterocycles. The average Bonchev–Trinajstić information content (AvgIpc) is 3.07. The number of nitro benzene ring substituents is 1. The number of hydrogen-bond acceptors (Lipinski definition) is 8. The second-order valence-electron chi connectivity index (χ2n) is 7.63. The van der Waals surface area contributed by atoms with E-state index in [2.05, 4.69) is 10.2 Å². The number of carbonyl (C=O) groups excluding carboxylic acids is 2. The highest BCUT2D eigenvalue weighted by Gasteiger charge is 2.39. The van der Waals surface area contributed by atoms with Crippen molar-refractivity contribution in [2.24, 2.45) is 0 Å². The van der Waals surface area contributed by atoms with E-state index in [1.165, 1.54) is 36.3 Å². The molecule has 0 bridgehead atoms. The first-order chi connectivity index (χ1) is 16.0. The number of ether oxygens (including phenoxy) is 2. The molecule has 1 fully saturated rings. The molecule has 4 rings (SSSR count). The average molecular weight is 452 g/mol. The first-order valence-corrected chi connectivity index (χ1v) is 10.5. The predicted molar refractivity (Wildman–Crippen MR) is 121 cm³/mol. The highest BCUT2D eigenvalue weighted by atomic mass is 16.6. The molecule has 2 aromatic rings. The summed E-state index contributed by atoms with van der Waals surface area (Å²) in [4.78, 5) is 40.5. The van der Waals surface area contributed by atoms with Gasteiger partial charge >= 0.3 is 0 Å². The number of amides is 2. The fraction of sp³-hybridized carbons (Fsp3) is 0.304. The largest absolute Gasteiger partial charge is 0.497 e. The van der Waals surface area contributed by atoms with Gasteiger partial charge in [-0.25, -0.2) is 0 Å². The number of imide groups is 1. The van der Waals surface area contributed by atoms with Crippen LogP contribution in [0, 0.1) is 10.1 Å². The zero-order valence-electron chi connectivity index (χ0n) is 18.2. The summed E-state index contributed by atoms with van der Waals surface area (Å²) >= 11 is 0. The third kappa shape index (κ3) is 4.86. The van der Waals surface area contributed by atoms with Gasteiger partial charge < -0.3 is 14.8 Å². The van der Waals surface area contributed by atoms with Gasteiger partial charge in [0.15, 0.2) is 0 Å². The van der Waals surface area contributed by atoms with Crippen molar-refractivity contribution >= 4 is 28.8 Å². The number of non-ortho nitro benzene ring substituents is 1. The number of methoxy groups -OCH3 is 1. The van der Waals surface area contributed by atoms with Gasteiger partial charge in [-0.3, -0.25) is 29.5 Å². The first kappa shape index (κ1) is 22.4. The van der Waals surface area contributed by atoms with Crippen molar-refractivity contribution in [3.05, 3.63) is 69.9 Å². The van der Waals surface area contributed by atoms with Gasteiger partial charge in [0.25, 0.3) is 17.5 Å². The SMILES string of the molecule is COc1cccc(NC2=C(c3ccc([N+](=O)[O-])cc3)C(=O)N(CCN3CCOCC3)C2=O)c1. The number of rotatable bonds is 8. The monoisotopic (exact) mass is 452 g/mol. The van der Waals surface area contributed by atoms with Crippen LogP contribution in [-0.2, 0) is 14.3 Å². The Kier molecular flexibility index (Phi) is 6.66. The van der Waals surface area contributed by atoms with Crippen molar-refractivity contribution < 1.29 is 24.0 Å². The van der Waals surface area contributed by atoms with Crippen LogP contribution < -0.4 is 10.1 Å². The van der Waals surface area contributed by atoms with Crippen molar-refractivity contribution in [2.75, 3.05) is 51.8 Å². The number of nitrogens with one attached hydrogen (secondary N) is 1. The van der Waals surface area contributed by atoms with Gasteiger partial charge in [0.05, 0.1) is 30.8 Å². The summed E-state index contributed by atoms with van der Waals surface area (Å²) < 4.78 is 10.6. The van der Waals surface area contributed by atoms with Crippen LogP contribution in [0.1, 0.15) is 5.56 Å². The summed E-state index contributed by atoms with van der Waals surface area (Å²) in [6.07, 6.45) is 0. The molecule has 2 heterocycles. The molecule has 0 saturated carbocycles. The van der Waals surface area contributed by atoms with Crippen molar-refractivity contribution in [3.63, 3.8) is 0 Å². The second-order valence-corrected chi connectivity index (χ2v) is 7.63. The van der Waals surface area contributed by atoms with Gasteiger partial charge in [-0.15, -0.1) is 0 Å². The minimum atomic E-state index is -0.510. The normalized spacial score (nSPS) is 16.9. The van der Waals surface area contributed by atoms with Gasteiger partial charge in [-0.05, 0) is 29.8 Å². The summed E-state index contributed by atoms with van der Waals surface area (Å²) in [5, 5.41) is 14.1. The van der Waals surface area contributed by atoms with Crippen LogP contribution in [0.3, 0.4) is 0 Å². The molecule has 0 unspecified atom stereocenters. The zero-order valence-corrected chi connectivity index (χ0v) is 18.2. The highest BCUT2D eigenvalue weighted by Crippen LogP contribution is 2.32. The summed E-state index contributed by atoms with van der Waals surface area (Å²) in [6.45, 7) is 3.51. The lowest BCUT2D eigenvalue weighted by Crippen LogP contribution is -2.43. The third-order valence-corrected chi connectivity index (χ3v) is 5.62. The van der Waals surface area contributed by atoms with Crippen molar-refractivity contribution in [1.29, 1.82) is 0 Å². The number of nitrogens with zero attached hydrogens (tertiary/aromatic N) is 3. The number of benzene rings is 2. The summed E-state index contributed by atoms with van der Waals surface area (Å²) in [5.41, 5.74) is 1.23. The van der Waals surface area contributed by atoms with Crippen LogP contribution in [0.4, 0.5) is 11.4 Å². The van der Waals surface area contributed by atoms with Crippen LogP contribution in [0.2, 0.25) is 0 Å². The maximum Gasteiger partial charge on any atom is 0.278 e. The molecule has 0 radical (unpaired) electrons. The first-order valence-electron chi connectivity index (χ1n) is 10.5. The van der Waals surface area contributed by atoms with E-state index in [-0.39, 0.29) is 23.5 Å². The van der Waals surface area contributed by atoms with E-state index >= 15 is 0 Å². The maximum absolute atomic E-state index is 13.3. The number of anilines is 1. The quantitative estimate of drug-likeness (QED) is 0.368. The summed E-state index contributed by atoms with van der Waals surface area (Å²) in [6, 6.07) is 12.6. The molecular weight excluding hydrogens is 428 g/mol. The lowest BCUT2D eigenvalue weighted by Gasteiger charge is -2.28. The maximum atomic E-state index is 13.3.